The topological polar surface area (TPSA) is 67.4 Å². The number of alkyl carbamates (subject to hydrolysis) is 1. The van der Waals surface area contributed by atoms with Crippen LogP contribution in [0.25, 0.3) is 0 Å². The molecule has 0 radical (unpaired) electrons. The van der Waals surface area contributed by atoms with Gasteiger partial charge in [0, 0.05) is 6.54 Å². The van der Waals surface area contributed by atoms with Gasteiger partial charge in [-0.1, -0.05) is 109 Å². The van der Waals surface area contributed by atoms with Gasteiger partial charge in [0.2, 0.25) is 5.91 Å². The first kappa shape index (κ1) is 26.0. The van der Waals surface area contributed by atoms with Crippen LogP contribution in [0.5, 0.6) is 0 Å². The minimum absolute atomic E-state index is 0.0121. The molecule has 0 heterocycles. The molecular weight excluding hydrogens is 376 g/mol. The van der Waals surface area contributed by atoms with E-state index in [-0.39, 0.29) is 18.4 Å². The first-order valence-electron chi connectivity index (χ1n) is 11.8. The van der Waals surface area contributed by atoms with Gasteiger partial charge in [0.05, 0.1) is 0 Å². The van der Waals surface area contributed by atoms with Crippen LogP contribution in [0.1, 0.15) is 90.5 Å². The number of ether oxygens (including phenoxy) is 1. The average molecular weight is 419 g/mol. The average Bonchev–Trinajstić information content (AvgIpc) is 2.74. The number of hydrogen-bond acceptors (Lipinski definition) is 3. The van der Waals surface area contributed by atoms with E-state index >= 15 is 0 Å². The summed E-state index contributed by atoms with van der Waals surface area (Å²) in [6, 6.07) is 8.91. The molecule has 1 aromatic carbocycles. The highest BCUT2D eigenvalue weighted by molar-refractivity contribution is 5.85. The summed E-state index contributed by atoms with van der Waals surface area (Å²) in [5.41, 5.74) is 0.916. The van der Waals surface area contributed by atoms with Crippen molar-refractivity contribution >= 4 is 12.0 Å². The lowest BCUT2D eigenvalue weighted by molar-refractivity contribution is -0.124. The molecule has 30 heavy (non-hydrogen) atoms. The van der Waals surface area contributed by atoms with Crippen molar-refractivity contribution in [3.05, 3.63) is 35.9 Å². The fourth-order valence-corrected chi connectivity index (χ4v) is 3.36. The van der Waals surface area contributed by atoms with Crippen molar-refractivity contribution in [2.45, 2.75) is 97.6 Å². The predicted molar refractivity (Wildman–Crippen MR) is 123 cm³/mol. The van der Waals surface area contributed by atoms with Crippen molar-refractivity contribution in [3.8, 4) is 0 Å². The Balaban J connectivity index is 2.15. The van der Waals surface area contributed by atoms with Crippen LogP contribution in [0.4, 0.5) is 4.79 Å². The fraction of sp³-hybridized carbons (Fsp3) is 0.680. The number of rotatable bonds is 16. The lowest BCUT2D eigenvalue weighted by Gasteiger charge is -2.21. The van der Waals surface area contributed by atoms with Gasteiger partial charge in [-0.05, 0) is 17.9 Å². The van der Waals surface area contributed by atoms with Crippen LogP contribution < -0.4 is 10.6 Å². The molecule has 0 aliphatic carbocycles. The first-order chi connectivity index (χ1) is 14.5. The molecule has 2 N–H and O–H groups in total. The summed E-state index contributed by atoms with van der Waals surface area (Å²) < 4.78 is 5.24. The van der Waals surface area contributed by atoms with Crippen molar-refractivity contribution in [3.63, 3.8) is 0 Å². The molecule has 1 aromatic rings. The highest BCUT2D eigenvalue weighted by Crippen LogP contribution is 2.10. The molecule has 0 aliphatic rings. The highest BCUT2D eigenvalue weighted by atomic mass is 16.5. The molecule has 1 rings (SSSR count). The molecule has 5 heteroatoms. The summed E-state index contributed by atoms with van der Waals surface area (Å²) in [5, 5.41) is 5.66. The van der Waals surface area contributed by atoms with Crippen molar-refractivity contribution in [2.75, 3.05) is 6.54 Å². The second-order valence-corrected chi connectivity index (χ2v) is 8.40. The maximum absolute atomic E-state index is 12.5. The number of carbonyl (C=O) groups excluding carboxylic acids is 2. The van der Waals surface area contributed by atoms with Crippen LogP contribution in [0.15, 0.2) is 30.3 Å². The van der Waals surface area contributed by atoms with Gasteiger partial charge in [-0.3, -0.25) is 4.79 Å². The normalized spacial score (nSPS) is 11.9. The molecule has 0 bridgehead atoms. The van der Waals surface area contributed by atoms with E-state index in [1.165, 1.54) is 51.4 Å². The number of benzene rings is 1. The van der Waals surface area contributed by atoms with E-state index in [2.05, 4.69) is 17.6 Å². The van der Waals surface area contributed by atoms with Crippen LogP contribution in [0, 0.1) is 5.92 Å². The number of unbranched alkanes of at least 4 members (excludes halogenated alkanes) is 9. The Bertz CT molecular complexity index is 575. The summed E-state index contributed by atoms with van der Waals surface area (Å²) in [5.74, 6) is -0.153. The van der Waals surface area contributed by atoms with E-state index in [0.717, 1.165) is 18.4 Å². The Hall–Kier alpha value is -2.04. The zero-order valence-electron chi connectivity index (χ0n) is 19.3. The second kappa shape index (κ2) is 16.7. The van der Waals surface area contributed by atoms with Crippen molar-refractivity contribution in [1.82, 2.24) is 10.6 Å². The van der Waals surface area contributed by atoms with Crippen molar-refractivity contribution in [2.24, 2.45) is 5.92 Å². The van der Waals surface area contributed by atoms with Gasteiger partial charge < -0.3 is 15.4 Å². The molecule has 2 amide bonds. The molecule has 0 unspecified atom stereocenters. The quantitative estimate of drug-likeness (QED) is 0.325. The Morgan fingerprint density at radius 2 is 1.43 bits per heavy atom. The number of nitrogens with one attached hydrogen (secondary N) is 2. The molecule has 0 saturated heterocycles. The molecule has 0 saturated carbocycles. The Morgan fingerprint density at radius 3 is 2.00 bits per heavy atom. The lowest BCUT2D eigenvalue weighted by atomic mass is 10.0. The maximum Gasteiger partial charge on any atom is 0.408 e. The van der Waals surface area contributed by atoms with Gasteiger partial charge in [-0.2, -0.15) is 0 Å². The SMILES string of the molecule is CCCCCCCCCCCCNC(=O)[C@@H](NC(=O)OCc1ccccc1)C(C)C. The van der Waals surface area contributed by atoms with Crippen molar-refractivity contribution in [1.29, 1.82) is 0 Å². The van der Waals surface area contributed by atoms with Gasteiger partial charge in [0.1, 0.15) is 12.6 Å². The van der Waals surface area contributed by atoms with E-state index in [0.29, 0.717) is 6.54 Å². The molecular formula is C25H42N2O3. The molecule has 0 fully saturated rings. The highest BCUT2D eigenvalue weighted by Gasteiger charge is 2.24. The zero-order valence-corrected chi connectivity index (χ0v) is 19.3. The molecule has 0 spiro atoms. The summed E-state index contributed by atoms with van der Waals surface area (Å²) in [6.07, 6.45) is 12.1. The van der Waals surface area contributed by atoms with Gasteiger partial charge >= 0.3 is 6.09 Å². The minimum Gasteiger partial charge on any atom is -0.445 e. The lowest BCUT2D eigenvalue weighted by Crippen LogP contribution is -2.50. The third-order valence-electron chi connectivity index (χ3n) is 5.26. The van der Waals surface area contributed by atoms with E-state index < -0.39 is 12.1 Å². The third kappa shape index (κ3) is 12.5. The maximum atomic E-state index is 12.5. The first-order valence-corrected chi connectivity index (χ1v) is 11.8. The molecule has 5 nitrogen and oxygen atoms in total. The minimum atomic E-state index is -0.587. The van der Waals surface area contributed by atoms with Gasteiger partial charge in [-0.15, -0.1) is 0 Å². The monoisotopic (exact) mass is 418 g/mol. The Labute approximate surface area is 183 Å². The van der Waals surface area contributed by atoms with Crippen molar-refractivity contribution < 1.29 is 14.3 Å². The summed E-state index contributed by atoms with van der Waals surface area (Å²) in [6.45, 7) is 6.93. The molecule has 0 aliphatic heterocycles. The standard InChI is InChI=1S/C25H42N2O3/c1-4-5-6-7-8-9-10-11-12-16-19-26-24(28)23(21(2)3)27-25(29)30-20-22-17-14-13-15-18-22/h13-15,17-18,21,23H,4-12,16,19-20H2,1-3H3,(H,26,28)(H,27,29)/t23-/m0/s1. The van der Waals surface area contributed by atoms with Crippen LogP contribution in [0.2, 0.25) is 0 Å². The number of carbonyl (C=O) groups is 2. The van der Waals surface area contributed by atoms with Gasteiger partial charge in [-0.25, -0.2) is 4.79 Å². The summed E-state index contributed by atoms with van der Waals surface area (Å²) in [7, 11) is 0. The summed E-state index contributed by atoms with van der Waals surface area (Å²) >= 11 is 0. The van der Waals surface area contributed by atoms with E-state index in [1.54, 1.807) is 0 Å². The molecule has 170 valence electrons. The van der Waals surface area contributed by atoms with Gasteiger partial charge in [0.25, 0.3) is 0 Å². The third-order valence-corrected chi connectivity index (χ3v) is 5.26. The number of hydrogen-bond donors (Lipinski definition) is 2. The van der Waals surface area contributed by atoms with Crippen LogP contribution in [-0.4, -0.2) is 24.6 Å². The smallest absolute Gasteiger partial charge is 0.408 e. The van der Waals surface area contributed by atoms with E-state index in [4.69, 9.17) is 4.74 Å². The second-order valence-electron chi connectivity index (χ2n) is 8.40. The Kier molecular flexibility index (Phi) is 14.5. The van der Waals surface area contributed by atoms with Crippen LogP contribution >= 0.6 is 0 Å². The van der Waals surface area contributed by atoms with Gasteiger partial charge in [0.15, 0.2) is 0 Å². The zero-order chi connectivity index (χ0) is 22.0. The fourth-order valence-electron chi connectivity index (χ4n) is 3.36. The Morgan fingerprint density at radius 1 is 0.867 bits per heavy atom. The number of amides is 2. The van der Waals surface area contributed by atoms with Crippen LogP contribution in [0.3, 0.4) is 0 Å². The largest absolute Gasteiger partial charge is 0.445 e. The summed E-state index contributed by atoms with van der Waals surface area (Å²) in [4.78, 5) is 24.6. The van der Waals surface area contributed by atoms with E-state index in [1.807, 2.05) is 44.2 Å². The van der Waals surface area contributed by atoms with E-state index in [9.17, 15) is 9.59 Å². The molecule has 1 atom stereocenters. The predicted octanol–water partition coefficient (Wildman–Crippen LogP) is 5.97. The van der Waals surface area contributed by atoms with Crippen LogP contribution in [-0.2, 0) is 16.1 Å². The molecule has 0 aromatic heterocycles.